The third-order valence-electron chi connectivity index (χ3n) is 2.95. The van der Waals surface area contributed by atoms with Crippen molar-refractivity contribution in [1.82, 2.24) is 24.9 Å². The summed E-state index contributed by atoms with van der Waals surface area (Å²) in [7, 11) is 0. The second-order valence-corrected chi connectivity index (χ2v) is 4.65. The van der Waals surface area contributed by atoms with E-state index in [2.05, 4.69) is 15.5 Å². The Morgan fingerprint density at radius 1 is 1.48 bits per heavy atom. The molecule has 0 aliphatic heterocycles. The highest BCUT2D eigenvalue weighted by molar-refractivity contribution is 5.75. The summed E-state index contributed by atoms with van der Waals surface area (Å²) in [6.45, 7) is 4.40. The van der Waals surface area contributed by atoms with Crippen LogP contribution < -0.4 is 5.32 Å². The van der Waals surface area contributed by atoms with Crippen molar-refractivity contribution >= 4 is 5.91 Å². The maximum atomic E-state index is 12.8. The summed E-state index contributed by atoms with van der Waals surface area (Å²) in [6, 6.07) is 1.28. The van der Waals surface area contributed by atoms with E-state index in [0.717, 1.165) is 16.8 Å². The van der Waals surface area contributed by atoms with Crippen LogP contribution in [0.5, 0.6) is 0 Å². The van der Waals surface area contributed by atoms with Gasteiger partial charge in [-0.25, -0.2) is 8.78 Å². The number of amides is 1. The Morgan fingerprint density at radius 2 is 2.24 bits per heavy atom. The van der Waals surface area contributed by atoms with Crippen LogP contribution in [0.25, 0.3) is 0 Å². The van der Waals surface area contributed by atoms with Crippen LogP contribution >= 0.6 is 0 Å². The first-order valence-corrected chi connectivity index (χ1v) is 6.60. The molecule has 0 aliphatic rings. The fourth-order valence-electron chi connectivity index (χ4n) is 1.93. The average molecular weight is 297 g/mol. The Morgan fingerprint density at radius 3 is 2.86 bits per heavy atom. The second-order valence-electron chi connectivity index (χ2n) is 4.65. The lowest BCUT2D eigenvalue weighted by atomic mass is 10.3. The minimum absolute atomic E-state index is 0.227. The van der Waals surface area contributed by atoms with Crippen LogP contribution in [0, 0.1) is 6.92 Å². The van der Waals surface area contributed by atoms with Gasteiger partial charge in [0.1, 0.15) is 12.2 Å². The van der Waals surface area contributed by atoms with Gasteiger partial charge in [-0.15, -0.1) is 0 Å². The highest BCUT2D eigenvalue weighted by atomic mass is 19.3. The van der Waals surface area contributed by atoms with E-state index >= 15 is 0 Å². The minimum atomic E-state index is -2.65. The molecule has 6 nitrogen and oxygen atoms in total. The maximum absolute atomic E-state index is 12.8. The van der Waals surface area contributed by atoms with Crippen LogP contribution in [0.1, 0.15) is 30.3 Å². The molecule has 0 spiro atoms. The van der Waals surface area contributed by atoms with E-state index in [-0.39, 0.29) is 18.1 Å². The van der Waals surface area contributed by atoms with Crippen molar-refractivity contribution in [2.75, 3.05) is 0 Å². The minimum Gasteiger partial charge on any atom is -0.350 e. The molecule has 1 N–H and O–H groups in total. The van der Waals surface area contributed by atoms with Gasteiger partial charge in [-0.3, -0.25) is 14.2 Å². The van der Waals surface area contributed by atoms with Gasteiger partial charge in [0, 0.05) is 24.8 Å². The van der Waals surface area contributed by atoms with Gasteiger partial charge in [-0.1, -0.05) is 0 Å². The first-order valence-electron chi connectivity index (χ1n) is 6.60. The van der Waals surface area contributed by atoms with Crippen LogP contribution in [0.4, 0.5) is 8.78 Å². The number of nitrogens with zero attached hydrogens (tertiary/aromatic N) is 4. The van der Waals surface area contributed by atoms with Crippen molar-refractivity contribution in [3.63, 3.8) is 0 Å². The molecule has 2 heterocycles. The lowest BCUT2D eigenvalue weighted by molar-refractivity contribution is -0.122. The molecule has 0 saturated heterocycles. The lowest BCUT2D eigenvalue weighted by Crippen LogP contribution is -2.28. The number of rotatable bonds is 6. The highest BCUT2D eigenvalue weighted by Gasteiger charge is 2.17. The van der Waals surface area contributed by atoms with Crippen LogP contribution in [0.3, 0.4) is 0 Å². The molecular formula is C13H17F2N5O. The SMILES string of the molecule is CCn1cc(CNC(=O)Cn2nc(C)cc2C(F)F)cn1. The van der Waals surface area contributed by atoms with Crippen LogP contribution in [-0.4, -0.2) is 25.5 Å². The van der Waals surface area contributed by atoms with E-state index in [4.69, 9.17) is 0 Å². The summed E-state index contributed by atoms with van der Waals surface area (Å²) >= 11 is 0. The molecule has 0 atom stereocenters. The molecule has 0 saturated carbocycles. The van der Waals surface area contributed by atoms with E-state index < -0.39 is 6.43 Å². The van der Waals surface area contributed by atoms with Crippen molar-refractivity contribution in [3.8, 4) is 0 Å². The first-order chi connectivity index (χ1) is 9.99. The number of nitrogens with one attached hydrogen (secondary N) is 1. The number of carbonyl (C=O) groups excluding carboxylic acids is 1. The normalized spacial score (nSPS) is 11.1. The Balaban J connectivity index is 1.92. The van der Waals surface area contributed by atoms with Crippen molar-refractivity contribution in [3.05, 3.63) is 35.4 Å². The van der Waals surface area contributed by atoms with Gasteiger partial charge in [0.05, 0.1) is 11.9 Å². The molecule has 0 aliphatic carbocycles. The predicted molar refractivity (Wildman–Crippen MR) is 71.7 cm³/mol. The molecule has 0 fully saturated rings. The third kappa shape index (κ3) is 3.87. The van der Waals surface area contributed by atoms with Gasteiger partial charge in [-0.05, 0) is 19.9 Å². The smallest absolute Gasteiger partial charge is 0.280 e. The molecule has 2 rings (SSSR count). The summed E-state index contributed by atoms with van der Waals surface area (Å²) in [5, 5.41) is 10.7. The van der Waals surface area contributed by atoms with Gasteiger partial charge in [0.2, 0.25) is 5.91 Å². The van der Waals surface area contributed by atoms with E-state index in [0.29, 0.717) is 12.2 Å². The van der Waals surface area contributed by atoms with Crippen LogP contribution in [0.2, 0.25) is 0 Å². The quantitative estimate of drug-likeness (QED) is 0.882. The van der Waals surface area contributed by atoms with Crippen molar-refractivity contribution in [1.29, 1.82) is 0 Å². The fraction of sp³-hybridized carbons (Fsp3) is 0.462. The molecule has 0 unspecified atom stereocenters. The highest BCUT2D eigenvalue weighted by Crippen LogP contribution is 2.19. The zero-order chi connectivity index (χ0) is 15.4. The topological polar surface area (TPSA) is 64.7 Å². The van der Waals surface area contributed by atoms with Crippen LogP contribution in [0.15, 0.2) is 18.5 Å². The number of halogens is 2. The first kappa shape index (κ1) is 15.1. The summed E-state index contributed by atoms with van der Waals surface area (Å²) < 4.78 is 28.3. The molecule has 0 bridgehead atoms. The van der Waals surface area contributed by atoms with Gasteiger partial charge >= 0.3 is 0 Å². The lowest BCUT2D eigenvalue weighted by Gasteiger charge is -2.07. The van der Waals surface area contributed by atoms with Crippen molar-refractivity contribution in [2.45, 2.75) is 39.9 Å². The summed E-state index contributed by atoms with van der Waals surface area (Å²) in [6.07, 6.45) is 0.830. The van der Waals surface area contributed by atoms with Crippen molar-refractivity contribution < 1.29 is 13.6 Å². The molecule has 21 heavy (non-hydrogen) atoms. The summed E-state index contributed by atoms with van der Waals surface area (Å²) in [5.74, 6) is -0.371. The van der Waals surface area contributed by atoms with Gasteiger partial charge < -0.3 is 5.32 Å². The number of hydrogen-bond acceptors (Lipinski definition) is 3. The van der Waals surface area contributed by atoms with Crippen molar-refractivity contribution in [2.24, 2.45) is 0 Å². The Hall–Kier alpha value is -2.25. The average Bonchev–Trinajstić information content (AvgIpc) is 3.03. The molecular weight excluding hydrogens is 280 g/mol. The fourth-order valence-corrected chi connectivity index (χ4v) is 1.93. The predicted octanol–water partition coefficient (Wildman–Crippen LogP) is 1.66. The Labute approximate surface area is 120 Å². The standard InChI is InChI=1S/C13H17F2N5O/c1-3-19-7-10(6-17-19)5-16-12(21)8-20-11(13(14)15)4-9(2)18-20/h4,6-7,13H,3,5,8H2,1-2H3,(H,16,21). The number of aromatic nitrogens is 4. The van der Waals surface area contributed by atoms with Gasteiger partial charge in [-0.2, -0.15) is 10.2 Å². The molecule has 0 radical (unpaired) electrons. The molecule has 0 aromatic carbocycles. The third-order valence-corrected chi connectivity index (χ3v) is 2.95. The molecule has 1 amide bonds. The maximum Gasteiger partial charge on any atom is 0.280 e. The van der Waals surface area contributed by atoms with Gasteiger partial charge in [0.15, 0.2) is 0 Å². The van der Waals surface area contributed by atoms with Gasteiger partial charge in [0.25, 0.3) is 6.43 Å². The molecule has 2 aromatic heterocycles. The van der Waals surface area contributed by atoms with E-state index in [9.17, 15) is 13.6 Å². The number of carbonyl (C=O) groups is 1. The van der Waals surface area contributed by atoms with E-state index in [1.807, 2.05) is 13.1 Å². The monoisotopic (exact) mass is 297 g/mol. The zero-order valence-corrected chi connectivity index (χ0v) is 11.9. The number of alkyl halides is 2. The van der Waals surface area contributed by atoms with Crippen LogP contribution in [-0.2, 0) is 24.4 Å². The zero-order valence-electron chi connectivity index (χ0n) is 11.9. The Bertz CT molecular complexity index is 620. The molecule has 2 aromatic rings. The Kier molecular flexibility index (Phi) is 4.66. The largest absolute Gasteiger partial charge is 0.350 e. The second kappa shape index (κ2) is 6.47. The summed E-state index contributed by atoms with van der Waals surface area (Å²) in [5.41, 5.74) is 1.07. The summed E-state index contributed by atoms with van der Waals surface area (Å²) in [4.78, 5) is 11.8. The number of aryl methyl sites for hydroxylation is 2. The molecule has 114 valence electrons. The van der Waals surface area contributed by atoms with E-state index in [1.165, 1.54) is 6.07 Å². The molecule has 8 heteroatoms. The van der Waals surface area contributed by atoms with E-state index in [1.54, 1.807) is 17.8 Å². The number of hydrogen-bond donors (Lipinski definition) is 1.